The Morgan fingerprint density at radius 1 is 0.625 bits per heavy atom. The summed E-state index contributed by atoms with van der Waals surface area (Å²) in [4.78, 5) is 27.7. The van der Waals surface area contributed by atoms with Crippen LogP contribution in [0.3, 0.4) is 0 Å². The van der Waals surface area contributed by atoms with E-state index < -0.39 is 18.2 Å². The van der Waals surface area contributed by atoms with Crippen LogP contribution in [0.4, 0.5) is 0 Å². The molecule has 3 aromatic rings. The Kier molecular flexibility index (Phi) is 8.24. The Bertz CT molecular complexity index is 1110. The summed E-state index contributed by atoms with van der Waals surface area (Å²) in [5, 5.41) is 0.277. The Balaban J connectivity index is 0.00000176. The van der Waals surface area contributed by atoms with Crippen LogP contribution in [0.15, 0.2) is 54.6 Å². The van der Waals surface area contributed by atoms with E-state index in [1.54, 1.807) is 39.5 Å². The minimum Gasteiger partial charge on any atom is -0.302 e. The Hall–Kier alpha value is -2.67. The lowest BCUT2D eigenvalue weighted by atomic mass is 10.0. The van der Waals surface area contributed by atoms with E-state index in [2.05, 4.69) is 0 Å². The van der Waals surface area contributed by atoms with Crippen molar-refractivity contribution < 1.29 is 18.7 Å². The van der Waals surface area contributed by atoms with E-state index in [0.717, 1.165) is 33.4 Å². The van der Waals surface area contributed by atoms with Gasteiger partial charge in [0.15, 0.2) is 0 Å². The topological polar surface area (TPSA) is 68.3 Å². The number of hydrogen-bond acceptors (Lipinski definition) is 4. The first-order valence-electron chi connectivity index (χ1n) is 10.2. The van der Waals surface area contributed by atoms with Crippen LogP contribution < -0.4 is 5.30 Å². The maximum Gasteiger partial charge on any atom is 0.248 e. The summed E-state index contributed by atoms with van der Waals surface area (Å²) in [5.41, 5.74) is 4.56. The molecule has 0 unspecified atom stereocenters. The zero-order valence-corrected chi connectivity index (χ0v) is 21.2. The fourth-order valence-corrected chi connectivity index (χ4v) is 6.89. The molecule has 0 atom stereocenters. The third kappa shape index (κ3) is 4.72. The van der Waals surface area contributed by atoms with Gasteiger partial charge in [-0.1, -0.05) is 65.7 Å². The second-order valence-corrected chi connectivity index (χ2v) is 10.6. The van der Waals surface area contributed by atoms with Crippen molar-refractivity contribution in [1.29, 1.82) is 0 Å². The summed E-state index contributed by atoms with van der Waals surface area (Å²) in [6, 6.07) is 16.0. The van der Waals surface area contributed by atoms with Crippen LogP contribution in [0.2, 0.25) is 0 Å². The molecule has 32 heavy (non-hydrogen) atoms. The second-order valence-electron chi connectivity index (χ2n) is 8.10. The summed E-state index contributed by atoms with van der Waals surface area (Å²) < 4.78 is 22.6. The smallest absolute Gasteiger partial charge is 0.248 e. The highest BCUT2D eigenvalue weighted by molar-refractivity contribution is 8.01. The summed E-state index contributed by atoms with van der Waals surface area (Å²) in [5.74, 6) is 0. The van der Waals surface area contributed by atoms with Crippen LogP contribution in [0, 0.1) is 41.5 Å². The van der Waals surface area contributed by atoms with Gasteiger partial charge in [0.25, 0.3) is 0 Å². The average Bonchev–Trinajstić information content (AvgIpc) is 2.73. The fourth-order valence-electron chi connectivity index (χ4n) is 4.31. The van der Waals surface area contributed by atoms with E-state index >= 15 is 0 Å². The molecule has 0 amide bonds. The van der Waals surface area contributed by atoms with Crippen LogP contribution in [-0.4, -0.2) is 11.0 Å². The molecule has 4 nitrogen and oxygen atoms in total. The SMILES string of the molecule is Cc1cc(C)c(C(=O)P(=O)(C(=O)c2c(C)cc(C)cc2C)c2ccccc2)c(C)c1.O=P. The highest BCUT2D eigenvalue weighted by atomic mass is 31.2. The van der Waals surface area contributed by atoms with Crippen LogP contribution in [-0.2, 0) is 9.13 Å². The Labute approximate surface area is 192 Å². The molecule has 0 heterocycles. The molecular formula is C26H28O4P2. The molecule has 6 heteroatoms. The van der Waals surface area contributed by atoms with Crippen molar-refractivity contribution in [2.75, 3.05) is 0 Å². The molecule has 0 saturated heterocycles. The first kappa shape index (κ1) is 25.6. The van der Waals surface area contributed by atoms with E-state index in [1.807, 2.05) is 65.8 Å². The van der Waals surface area contributed by atoms with Gasteiger partial charge in [-0.2, -0.15) is 0 Å². The van der Waals surface area contributed by atoms with Gasteiger partial charge in [-0.05, 0) is 63.8 Å². The zero-order valence-electron chi connectivity index (χ0n) is 19.3. The van der Waals surface area contributed by atoms with Crippen LogP contribution >= 0.6 is 16.3 Å². The van der Waals surface area contributed by atoms with E-state index in [1.165, 1.54) is 0 Å². The molecule has 0 aliphatic heterocycles. The molecular weight excluding hydrogens is 438 g/mol. The lowest BCUT2D eigenvalue weighted by Crippen LogP contribution is -2.23. The summed E-state index contributed by atoms with van der Waals surface area (Å²) in [7, 11) is -2.39. The molecule has 0 bridgehead atoms. The highest BCUT2D eigenvalue weighted by Crippen LogP contribution is 2.52. The van der Waals surface area contributed by atoms with Gasteiger partial charge in [-0.25, -0.2) is 0 Å². The minimum atomic E-state index is -4.11. The maximum absolute atomic E-state index is 14.5. The number of aryl methyl sites for hydroxylation is 6. The molecule has 3 rings (SSSR count). The van der Waals surface area contributed by atoms with Crippen LogP contribution in [0.1, 0.15) is 54.1 Å². The van der Waals surface area contributed by atoms with E-state index in [4.69, 9.17) is 4.57 Å². The molecule has 3 aromatic carbocycles. The normalized spacial score (nSPS) is 10.8. The first-order chi connectivity index (χ1) is 15.1. The average molecular weight is 466 g/mol. The molecule has 0 aliphatic carbocycles. The molecule has 0 aliphatic rings. The number of rotatable bonds is 5. The highest BCUT2D eigenvalue weighted by Gasteiger charge is 2.44. The van der Waals surface area contributed by atoms with Gasteiger partial charge in [0.1, 0.15) is 9.12 Å². The molecule has 0 fully saturated rings. The van der Waals surface area contributed by atoms with Gasteiger partial charge in [0, 0.05) is 16.4 Å². The number of benzene rings is 3. The van der Waals surface area contributed by atoms with Crippen molar-refractivity contribution in [3.05, 3.63) is 99.1 Å². The second kappa shape index (κ2) is 10.3. The number of carbonyl (C=O) groups is 2. The van der Waals surface area contributed by atoms with Crippen molar-refractivity contribution in [3.8, 4) is 0 Å². The molecule has 0 N–H and O–H groups in total. The van der Waals surface area contributed by atoms with E-state index in [-0.39, 0.29) is 5.30 Å². The quantitative estimate of drug-likeness (QED) is 0.393. The Morgan fingerprint density at radius 2 is 0.938 bits per heavy atom. The van der Waals surface area contributed by atoms with Gasteiger partial charge in [0.2, 0.25) is 18.2 Å². The lowest BCUT2D eigenvalue weighted by molar-refractivity contribution is 0.104. The molecule has 0 spiro atoms. The summed E-state index contributed by atoms with van der Waals surface area (Å²) in [6.07, 6.45) is 0. The maximum atomic E-state index is 14.5. The largest absolute Gasteiger partial charge is 0.302 e. The number of carbonyl (C=O) groups excluding carboxylic acids is 2. The first-order valence-corrected chi connectivity index (χ1v) is 12.3. The van der Waals surface area contributed by atoms with E-state index in [0.29, 0.717) is 11.1 Å². The minimum absolute atomic E-state index is 0.277. The van der Waals surface area contributed by atoms with Crippen LogP contribution in [0.5, 0.6) is 0 Å². The third-order valence-electron chi connectivity index (χ3n) is 5.47. The third-order valence-corrected chi connectivity index (χ3v) is 8.09. The zero-order chi connectivity index (χ0) is 24.2. The summed E-state index contributed by atoms with van der Waals surface area (Å²) >= 11 is 0. The summed E-state index contributed by atoms with van der Waals surface area (Å²) in [6.45, 7) is 11.2. The predicted molar refractivity (Wildman–Crippen MR) is 133 cm³/mol. The van der Waals surface area contributed by atoms with Gasteiger partial charge in [-0.3, -0.25) is 14.2 Å². The number of hydrogen-bond donors (Lipinski definition) is 0. The lowest BCUT2D eigenvalue weighted by Gasteiger charge is -2.21. The van der Waals surface area contributed by atoms with E-state index in [9.17, 15) is 14.2 Å². The van der Waals surface area contributed by atoms with Crippen molar-refractivity contribution in [3.63, 3.8) is 0 Å². The van der Waals surface area contributed by atoms with Crippen molar-refractivity contribution >= 4 is 32.6 Å². The van der Waals surface area contributed by atoms with Gasteiger partial charge < -0.3 is 4.57 Å². The molecule has 0 aromatic heterocycles. The standard InChI is InChI=1S/C26H27O3P.HOP/c1-16-12-18(3)23(19(4)13-16)25(27)30(29,22-10-8-7-9-11-22)26(28)24-20(5)14-17(2)15-21(24)6;1-2/h7-15H,1-6H3;2H. The molecule has 0 saturated carbocycles. The van der Waals surface area contributed by atoms with Gasteiger partial charge >= 0.3 is 0 Å². The van der Waals surface area contributed by atoms with Crippen LogP contribution in [0.25, 0.3) is 0 Å². The van der Waals surface area contributed by atoms with Gasteiger partial charge in [-0.15, -0.1) is 0 Å². The molecule has 0 radical (unpaired) electrons. The molecule has 166 valence electrons. The van der Waals surface area contributed by atoms with Gasteiger partial charge in [0.05, 0.1) is 0 Å². The van der Waals surface area contributed by atoms with Crippen molar-refractivity contribution in [2.24, 2.45) is 0 Å². The monoisotopic (exact) mass is 466 g/mol. The van der Waals surface area contributed by atoms with Crippen molar-refractivity contribution in [1.82, 2.24) is 0 Å². The van der Waals surface area contributed by atoms with Crippen molar-refractivity contribution in [2.45, 2.75) is 41.5 Å². The Morgan fingerprint density at radius 3 is 1.25 bits per heavy atom. The predicted octanol–water partition coefficient (Wildman–Crippen LogP) is 6.68. The fraction of sp³-hybridized carbons (Fsp3) is 0.231.